The van der Waals surface area contributed by atoms with E-state index in [-0.39, 0.29) is 25.0 Å². The molecule has 2 aromatic rings. The molecule has 0 aliphatic carbocycles. The van der Waals surface area contributed by atoms with E-state index in [0.29, 0.717) is 11.3 Å². The minimum atomic E-state index is -0.497. The molecule has 0 spiro atoms. The Kier molecular flexibility index (Phi) is 6.91. The molecule has 0 saturated carbocycles. The van der Waals surface area contributed by atoms with E-state index in [2.05, 4.69) is 10.6 Å². The van der Waals surface area contributed by atoms with E-state index in [1.165, 1.54) is 0 Å². The zero-order valence-corrected chi connectivity index (χ0v) is 14.8. The van der Waals surface area contributed by atoms with Gasteiger partial charge in [-0.05, 0) is 24.6 Å². The van der Waals surface area contributed by atoms with Crippen molar-refractivity contribution in [1.82, 2.24) is 5.32 Å². The van der Waals surface area contributed by atoms with E-state index < -0.39 is 11.9 Å². The third-order valence-electron chi connectivity index (χ3n) is 3.75. The Morgan fingerprint density at radius 2 is 1.65 bits per heavy atom. The molecule has 26 heavy (non-hydrogen) atoms. The molecule has 0 unspecified atom stereocenters. The highest BCUT2D eigenvalue weighted by Gasteiger charge is 2.16. The van der Waals surface area contributed by atoms with Crippen molar-refractivity contribution in [2.45, 2.75) is 26.3 Å². The monoisotopic (exact) mass is 354 g/mol. The number of hydrogen-bond donors (Lipinski definition) is 2. The zero-order chi connectivity index (χ0) is 18.9. The van der Waals surface area contributed by atoms with Crippen LogP contribution in [0.3, 0.4) is 0 Å². The molecule has 0 radical (unpaired) electrons. The zero-order valence-electron chi connectivity index (χ0n) is 14.8. The fourth-order valence-corrected chi connectivity index (χ4v) is 2.32. The van der Waals surface area contributed by atoms with Crippen LogP contribution in [0.4, 0.5) is 5.69 Å². The quantitative estimate of drug-likeness (QED) is 0.749. The first-order valence-corrected chi connectivity index (χ1v) is 8.41. The number of amides is 2. The summed E-state index contributed by atoms with van der Waals surface area (Å²) in [6, 6.07) is 16.1. The third kappa shape index (κ3) is 5.44. The Labute approximate surface area is 152 Å². The van der Waals surface area contributed by atoms with E-state index in [9.17, 15) is 14.4 Å². The lowest BCUT2D eigenvalue weighted by molar-refractivity contribution is -0.146. The number of rotatable bonds is 7. The SMILES string of the molecule is CCC(=O)OCC(=O)Nc1ccccc1C(=O)N[C@H](C)c1ccccc1. The number of anilines is 1. The molecule has 6 nitrogen and oxygen atoms in total. The summed E-state index contributed by atoms with van der Waals surface area (Å²) in [7, 11) is 0. The highest BCUT2D eigenvalue weighted by Crippen LogP contribution is 2.18. The van der Waals surface area contributed by atoms with Gasteiger partial charge >= 0.3 is 5.97 Å². The minimum Gasteiger partial charge on any atom is -0.456 e. The molecule has 0 aliphatic rings. The molecule has 1 atom stereocenters. The number of benzene rings is 2. The predicted molar refractivity (Wildman–Crippen MR) is 98.6 cm³/mol. The van der Waals surface area contributed by atoms with Gasteiger partial charge in [0.05, 0.1) is 17.3 Å². The summed E-state index contributed by atoms with van der Waals surface area (Å²) in [6.45, 7) is 3.15. The fraction of sp³-hybridized carbons (Fsp3) is 0.250. The Morgan fingerprint density at radius 3 is 2.35 bits per heavy atom. The van der Waals surface area contributed by atoms with Crippen LogP contribution in [0.5, 0.6) is 0 Å². The van der Waals surface area contributed by atoms with Crippen LogP contribution < -0.4 is 10.6 Å². The first kappa shape index (κ1) is 19.2. The lowest BCUT2D eigenvalue weighted by atomic mass is 10.1. The summed E-state index contributed by atoms with van der Waals surface area (Å²) in [4.78, 5) is 35.7. The second-order valence-electron chi connectivity index (χ2n) is 5.71. The van der Waals surface area contributed by atoms with Gasteiger partial charge in [0.1, 0.15) is 0 Å². The molecule has 0 saturated heterocycles. The van der Waals surface area contributed by atoms with Crippen LogP contribution in [0, 0.1) is 0 Å². The molecule has 0 bridgehead atoms. The molecular weight excluding hydrogens is 332 g/mol. The molecule has 2 N–H and O–H groups in total. The van der Waals surface area contributed by atoms with Crippen molar-refractivity contribution in [2.24, 2.45) is 0 Å². The number of esters is 1. The van der Waals surface area contributed by atoms with Gasteiger partial charge in [0.2, 0.25) is 0 Å². The van der Waals surface area contributed by atoms with Crippen LogP contribution in [0.15, 0.2) is 54.6 Å². The Bertz CT molecular complexity index is 774. The van der Waals surface area contributed by atoms with Gasteiger partial charge in [0, 0.05) is 6.42 Å². The van der Waals surface area contributed by atoms with Crippen molar-refractivity contribution in [2.75, 3.05) is 11.9 Å². The average Bonchev–Trinajstić information content (AvgIpc) is 2.67. The minimum absolute atomic E-state index is 0.182. The van der Waals surface area contributed by atoms with E-state index >= 15 is 0 Å². The smallest absolute Gasteiger partial charge is 0.306 e. The van der Waals surface area contributed by atoms with Crippen molar-refractivity contribution < 1.29 is 19.1 Å². The Hall–Kier alpha value is -3.15. The summed E-state index contributed by atoms with van der Waals surface area (Å²) in [6.07, 6.45) is 0.198. The summed E-state index contributed by atoms with van der Waals surface area (Å²) in [5.41, 5.74) is 1.68. The first-order chi connectivity index (χ1) is 12.5. The van der Waals surface area contributed by atoms with Gasteiger partial charge in [0.25, 0.3) is 11.8 Å². The Balaban J connectivity index is 2.04. The van der Waals surface area contributed by atoms with Gasteiger partial charge in [0.15, 0.2) is 6.61 Å². The van der Waals surface area contributed by atoms with Gasteiger partial charge in [-0.15, -0.1) is 0 Å². The molecule has 0 heterocycles. The molecule has 0 aromatic heterocycles. The Morgan fingerprint density at radius 1 is 1.00 bits per heavy atom. The number of carbonyl (C=O) groups is 3. The van der Waals surface area contributed by atoms with Gasteiger partial charge < -0.3 is 15.4 Å². The fourth-order valence-electron chi connectivity index (χ4n) is 2.32. The average molecular weight is 354 g/mol. The molecule has 2 rings (SSSR count). The molecule has 6 heteroatoms. The second-order valence-corrected chi connectivity index (χ2v) is 5.71. The standard InChI is InChI=1S/C20H22N2O4/c1-3-19(24)26-13-18(23)22-17-12-8-7-11-16(17)20(25)21-14(2)15-9-5-4-6-10-15/h4-12,14H,3,13H2,1-2H3,(H,21,25)(H,22,23)/t14-/m1/s1. The number of para-hydroxylation sites is 1. The number of nitrogens with one attached hydrogen (secondary N) is 2. The summed E-state index contributed by atoms with van der Waals surface area (Å²) in [5.74, 6) is -1.26. The summed E-state index contributed by atoms with van der Waals surface area (Å²) in [5, 5.41) is 5.52. The van der Waals surface area contributed by atoms with Crippen LogP contribution in [-0.2, 0) is 14.3 Å². The second kappa shape index (κ2) is 9.36. The maximum absolute atomic E-state index is 12.6. The highest BCUT2D eigenvalue weighted by molar-refractivity contribution is 6.04. The van der Waals surface area contributed by atoms with E-state index in [1.807, 2.05) is 37.3 Å². The lowest BCUT2D eigenvalue weighted by Crippen LogP contribution is -2.28. The van der Waals surface area contributed by atoms with Crippen molar-refractivity contribution in [3.63, 3.8) is 0 Å². The molecule has 0 fully saturated rings. The van der Waals surface area contributed by atoms with E-state index in [4.69, 9.17) is 4.74 Å². The van der Waals surface area contributed by atoms with Gasteiger partial charge in [-0.2, -0.15) is 0 Å². The van der Waals surface area contributed by atoms with Crippen LogP contribution in [0.1, 0.15) is 42.2 Å². The molecule has 136 valence electrons. The predicted octanol–water partition coefficient (Wildman–Crippen LogP) is 3.07. The lowest BCUT2D eigenvalue weighted by Gasteiger charge is -2.16. The first-order valence-electron chi connectivity index (χ1n) is 8.41. The topological polar surface area (TPSA) is 84.5 Å². The summed E-state index contributed by atoms with van der Waals surface area (Å²) < 4.78 is 4.80. The number of hydrogen-bond acceptors (Lipinski definition) is 4. The van der Waals surface area contributed by atoms with Gasteiger partial charge in [-0.25, -0.2) is 0 Å². The van der Waals surface area contributed by atoms with Crippen LogP contribution in [-0.4, -0.2) is 24.4 Å². The normalized spacial score (nSPS) is 11.3. The van der Waals surface area contributed by atoms with E-state index in [1.54, 1.807) is 31.2 Å². The van der Waals surface area contributed by atoms with Crippen molar-refractivity contribution in [1.29, 1.82) is 0 Å². The van der Waals surface area contributed by atoms with Crippen molar-refractivity contribution in [3.05, 3.63) is 65.7 Å². The summed E-state index contributed by atoms with van der Waals surface area (Å²) >= 11 is 0. The number of ether oxygens (including phenoxy) is 1. The highest BCUT2D eigenvalue weighted by atomic mass is 16.5. The largest absolute Gasteiger partial charge is 0.456 e. The molecule has 0 aliphatic heterocycles. The third-order valence-corrected chi connectivity index (χ3v) is 3.75. The van der Waals surface area contributed by atoms with E-state index in [0.717, 1.165) is 5.56 Å². The van der Waals surface area contributed by atoms with Gasteiger partial charge in [-0.1, -0.05) is 49.4 Å². The van der Waals surface area contributed by atoms with Crippen LogP contribution in [0.2, 0.25) is 0 Å². The molecule has 2 amide bonds. The van der Waals surface area contributed by atoms with Crippen molar-refractivity contribution in [3.8, 4) is 0 Å². The maximum Gasteiger partial charge on any atom is 0.306 e. The van der Waals surface area contributed by atoms with Crippen molar-refractivity contribution >= 4 is 23.5 Å². The maximum atomic E-state index is 12.6. The van der Waals surface area contributed by atoms with Crippen LogP contribution in [0.25, 0.3) is 0 Å². The molecule has 2 aromatic carbocycles. The molecular formula is C20H22N2O4. The van der Waals surface area contributed by atoms with Gasteiger partial charge in [-0.3, -0.25) is 14.4 Å². The number of carbonyl (C=O) groups excluding carboxylic acids is 3. The van der Waals surface area contributed by atoms with Crippen LogP contribution >= 0.6 is 0 Å².